The van der Waals surface area contributed by atoms with Crippen molar-refractivity contribution in [3.05, 3.63) is 33.8 Å². The Morgan fingerprint density at radius 1 is 1.35 bits per heavy atom. The fourth-order valence-corrected chi connectivity index (χ4v) is 2.10. The van der Waals surface area contributed by atoms with Crippen LogP contribution in [0.3, 0.4) is 0 Å². The van der Waals surface area contributed by atoms with Crippen LogP contribution in [0.1, 0.15) is 42.0 Å². The van der Waals surface area contributed by atoms with Crippen molar-refractivity contribution in [1.29, 1.82) is 0 Å². The third-order valence-electron chi connectivity index (χ3n) is 2.95. The lowest BCUT2D eigenvalue weighted by atomic mass is 9.98. The van der Waals surface area contributed by atoms with Crippen molar-refractivity contribution in [3.63, 3.8) is 0 Å². The van der Waals surface area contributed by atoms with Gasteiger partial charge in [-0.25, -0.2) is 0 Å². The van der Waals surface area contributed by atoms with Gasteiger partial charge in [-0.15, -0.1) is 0 Å². The molecule has 0 bridgehead atoms. The molecule has 0 aliphatic heterocycles. The number of halogens is 1. The molecule has 4 N–H and O–H groups in total. The molecule has 1 amide bonds. The first-order valence-electron chi connectivity index (χ1n) is 5.72. The normalized spacial score (nSPS) is 12.5. The van der Waals surface area contributed by atoms with Crippen LogP contribution in [0.25, 0.3) is 0 Å². The highest BCUT2D eigenvalue weighted by Crippen LogP contribution is 2.27. The van der Waals surface area contributed by atoms with E-state index in [1.54, 1.807) is 0 Å². The van der Waals surface area contributed by atoms with Gasteiger partial charge in [0.25, 0.3) is 0 Å². The Hall–Kier alpha value is -1.06. The van der Waals surface area contributed by atoms with Crippen molar-refractivity contribution in [1.82, 2.24) is 0 Å². The molecule has 0 radical (unpaired) electrons. The zero-order chi connectivity index (χ0) is 13.0. The Kier molecular flexibility index (Phi) is 4.97. The molecule has 0 fully saturated rings. The quantitative estimate of drug-likeness (QED) is 0.848. The Bertz CT molecular complexity index is 418. The predicted molar refractivity (Wildman–Crippen MR) is 70.9 cm³/mol. The van der Waals surface area contributed by atoms with Crippen LogP contribution in [0.4, 0.5) is 0 Å². The van der Waals surface area contributed by atoms with Crippen LogP contribution < -0.4 is 11.5 Å². The number of hydrogen-bond donors (Lipinski definition) is 2. The maximum absolute atomic E-state index is 10.6. The maximum atomic E-state index is 10.6. The number of rotatable bonds is 5. The van der Waals surface area contributed by atoms with E-state index in [1.165, 1.54) is 5.56 Å². The highest BCUT2D eigenvalue weighted by molar-refractivity contribution is 6.31. The largest absolute Gasteiger partial charge is 0.370 e. The first-order valence-corrected chi connectivity index (χ1v) is 6.10. The highest BCUT2D eigenvalue weighted by atomic mass is 35.5. The summed E-state index contributed by atoms with van der Waals surface area (Å²) in [4.78, 5) is 10.6. The summed E-state index contributed by atoms with van der Waals surface area (Å²) in [5.74, 6) is -0.289. The fraction of sp³-hybridized carbons (Fsp3) is 0.462. The number of carbonyl (C=O) groups excluding carboxylic acids is 1. The average Bonchev–Trinajstić information content (AvgIpc) is 2.22. The van der Waals surface area contributed by atoms with Gasteiger partial charge in [0.15, 0.2) is 0 Å². The van der Waals surface area contributed by atoms with Crippen LogP contribution >= 0.6 is 11.6 Å². The minimum atomic E-state index is -0.289. The summed E-state index contributed by atoms with van der Waals surface area (Å²) in [6.45, 7) is 4.05. The smallest absolute Gasteiger partial charge is 0.217 e. The molecule has 0 aliphatic rings. The second-order valence-electron chi connectivity index (χ2n) is 4.42. The minimum absolute atomic E-state index is 0.138. The molecular formula is C13H19ClN2O. The van der Waals surface area contributed by atoms with E-state index in [0.717, 1.165) is 11.1 Å². The van der Waals surface area contributed by atoms with Crippen molar-refractivity contribution >= 4 is 17.5 Å². The molecular weight excluding hydrogens is 236 g/mol. The van der Waals surface area contributed by atoms with Crippen LogP contribution in [0.15, 0.2) is 12.1 Å². The third kappa shape index (κ3) is 4.02. The van der Waals surface area contributed by atoms with E-state index in [4.69, 9.17) is 23.1 Å². The monoisotopic (exact) mass is 254 g/mol. The van der Waals surface area contributed by atoms with E-state index in [1.807, 2.05) is 26.0 Å². The number of primary amides is 1. The molecule has 1 aromatic rings. The third-order valence-corrected chi connectivity index (χ3v) is 3.28. The van der Waals surface area contributed by atoms with Gasteiger partial charge in [-0.3, -0.25) is 4.79 Å². The van der Waals surface area contributed by atoms with E-state index in [0.29, 0.717) is 24.3 Å². The van der Waals surface area contributed by atoms with Crippen LogP contribution in [0.2, 0.25) is 5.02 Å². The van der Waals surface area contributed by atoms with E-state index < -0.39 is 0 Å². The standard InChI is InChI=1S/C13H19ClN2O/c1-8-6-10(11(14)7-9(8)2)12(15)4-3-5-13(16)17/h6-7,12H,3-5,15H2,1-2H3,(H2,16,17). The molecule has 1 unspecified atom stereocenters. The topological polar surface area (TPSA) is 69.1 Å². The zero-order valence-electron chi connectivity index (χ0n) is 10.3. The molecule has 1 rings (SSSR count). The Morgan fingerprint density at radius 2 is 1.94 bits per heavy atom. The molecule has 0 heterocycles. The molecule has 0 saturated heterocycles. The van der Waals surface area contributed by atoms with Crippen molar-refractivity contribution in [3.8, 4) is 0 Å². The summed E-state index contributed by atoms with van der Waals surface area (Å²) in [7, 11) is 0. The van der Waals surface area contributed by atoms with E-state index in [9.17, 15) is 4.79 Å². The lowest BCUT2D eigenvalue weighted by Crippen LogP contribution is -2.14. The van der Waals surface area contributed by atoms with E-state index >= 15 is 0 Å². The van der Waals surface area contributed by atoms with Gasteiger partial charge >= 0.3 is 0 Å². The van der Waals surface area contributed by atoms with Crippen molar-refractivity contribution in [2.45, 2.75) is 39.2 Å². The number of amides is 1. The lowest BCUT2D eigenvalue weighted by Gasteiger charge is -2.15. The van der Waals surface area contributed by atoms with Gasteiger partial charge in [0.05, 0.1) is 0 Å². The first-order chi connectivity index (χ1) is 7.91. The van der Waals surface area contributed by atoms with Crippen LogP contribution in [0.5, 0.6) is 0 Å². The van der Waals surface area contributed by atoms with Crippen LogP contribution in [-0.2, 0) is 4.79 Å². The first kappa shape index (κ1) is 14.0. The highest BCUT2D eigenvalue weighted by Gasteiger charge is 2.12. The van der Waals surface area contributed by atoms with Gasteiger partial charge in [0.1, 0.15) is 0 Å². The second-order valence-corrected chi connectivity index (χ2v) is 4.83. The molecule has 0 aromatic heterocycles. The number of benzene rings is 1. The summed E-state index contributed by atoms with van der Waals surface area (Å²) < 4.78 is 0. The second kappa shape index (κ2) is 6.03. The molecule has 0 saturated carbocycles. The molecule has 3 nitrogen and oxygen atoms in total. The Labute approximate surface area is 107 Å². The van der Waals surface area contributed by atoms with Crippen molar-refractivity contribution in [2.75, 3.05) is 0 Å². The van der Waals surface area contributed by atoms with E-state index in [2.05, 4.69) is 0 Å². The molecule has 94 valence electrons. The average molecular weight is 255 g/mol. The van der Waals surface area contributed by atoms with Crippen molar-refractivity contribution in [2.24, 2.45) is 11.5 Å². The Morgan fingerprint density at radius 3 is 2.53 bits per heavy atom. The van der Waals surface area contributed by atoms with Crippen LogP contribution in [0, 0.1) is 13.8 Å². The summed E-state index contributed by atoms with van der Waals surface area (Å²) in [6, 6.07) is 3.81. The summed E-state index contributed by atoms with van der Waals surface area (Å²) in [6.07, 6.45) is 1.78. The van der Waals surface area contributed by atoms with E-state index in [-0.39, 0.29) is 11.9 Å². The molecule has 0 spiro atoms. The van der Waals surface area contributed by atoms with Crippen molar-refractivity contribution < 1.29 is 4.79 Å². The molecule has 1 atom stereocenters. The van der Waals surface area contributed by atoms with Gasteiger partial charge < -0.3 is 11.5 Å². The predicted octanol–water partition coefficient (Wildman–Crippen LogP) is 2.61. The molecule has 17 heavy (non-hydrogen) atoms. The van der Waals surface area contributed by atoms with Gasteiger partial charge in [-0.1, -0.05) is 17.7 Å². The minimum Gasteiger partial charge on any atom is -0.370 e. The van der Waals surface area contributed by atoms with Gasteiger partial charge in [0, 0.05) is 17.5 Å². The van der Waals surface area contributed by atoms with Crippen LogP contribution in [-0.4, -0.2) is 5.91 Å². The summed E-state index contributed by atoms with van der Waals surface area (Å²) in [5, 5.41) is 0.694. The molecule has 1 aromatic carbocycles. The lowest BCUT2D eigenvalue weighted by molar-refractivity contribution is -0.118. The maximum Gasteiger partial charge on any atom is 0.217 e. The number of aryl methyl sites for hydroxylation is 2. The number of hydrogen-bond acceptors (Lipinski definition) is 2. The fourth-order valence-electron chi connectivity index (χ4n) is 1.74. The van der Waals surface area contributed by atoms with Gasteiger partial charge in [-0.2, -0.15) is 0 Å². The molecule has 4 heteroatoms. The van der Waals surface area contributed by atoms with Gasteiger partial charge in [0.2, 0.25) is 5.91 Å². The zero-order valence-corrected chi connectivity index (χ0v) is 11.1. The summed E-state index contributed by atoms with van der Waals surface area (Å²) >= 11 is 6.17. The summed E-state index contributed by atoms with van der Waals surface area (Å²) in [5.41, 5.74) is 14.4. The number of carbonyl (C=O) groups is 1. The number of nitrogens with two attached hydrogens (primary N) is 2. The Balaban J connectivity index is 2.71. The SMILES string of the molecule is Cc1cc(Cl)c(C(N)CCCC(N)=O)cc1C. The molecule has 0 aliphatic carbocycles. The van der Waals surface area contributed by atoms with Gasteiger partial charge in [-0.05, 0) is 49.4 Å².